The van der Waals surface area contributed by atoms with Crippen molar-refractivity contribution in [3.8, 4) is 5.75 Å². The molecule has 0 atom stereocenters. The van der Waals surface area contributed by atoms with Crippen molar-refractivity contribution in [2.75, 3.05) is 59.1 Å². The van der Waals surface area contributed by atoms with Gasteiger partial charge in [-0.2, -0.15) is 0 Å². The highest BCUT2D eigenvalue weighted by Gasteiger charge is 2.09. The van der Waals surface area contributed by atoms with E-state index in [9.17, 15) is 8.78 Å². The quantitative estimate of drug-likeness (QED) is 0.347. The molecule has 0 amide bonds. The zero-order chi connectivity index (χ0) is 21.0. The van der Waals surface area contributed by atoms with Gasteiger partial charge in [-0.1, -0.05) is 0 Å². The van der Waals surface area contributed by atoms with Crippen molar-refractivity contribution >= 4 is 5.96 Å². The molecule has 1 aliphatic rings. The summed E-state index contributed by atoms with van der Waals surface area (Å²) in [5.74, 6) is 0.220. The Morgan fingerprint density at radius 3 is 2.73 bits per heavy atom. The first-order valence-electron chi connectivity index (χ1n) is 10.1. The maximum atomic E-state index is 13.6. The van der Waals surface area contributed by atoms with Gasteiger partial charge in [0.1, 0.15) is 18.2 Å². The fourth-order valence-corrected chi connectivity index (χ4v) is 2.98. The van der Waals surface area contributed by atoms with E-state index in [0.29, 0.717) is 25.6 Å². The molecule has 0 aliphatic carbocycles. The Kier molecular flexibility index (Phi) is 8.92. The van der Waals surface area contributed by atoms with Gasteiger partial charge in [0.05, 0.1) is 32.6 Å². The third-order valence-corrected chi connectivity index (χ3v) is 4.58. The number of furan rings is 1. The van der Waals surface area contributed by atoms with Crippen LogP contribution in [0.25, 0.3) is 0 Å². The Labute approximate surface area is 175 Å². The van der Waals surface area contributed by atoms with E-state index >= 15 is 0 Å². The van der Waals surface area contributed by atoms with Crippen molar-refractivity contribution in [1.82, 2.24) is 15.5 Å². The first kappa shape index (κ1) is 22.0. The number of nitrogens with one attached hydrogen (secondary N) is 2. The lowest BCUT2D eigenvalue weighted by molar-refractivity contribution is 0.0394. The molecule has 2 aromatic rings. The Balaban J connectivity index is 1.44. The number of guanidine groups is 1. The molecule has 1 aromatic carbocycles. The standard InChI is InChI=1S/C21H28F2N4O3/c22-17-3-4-20(19(23)16-17)30-13-8-26-21(24-6-5-18-2-1-12-29-18)25-7-9-27-10-14-28-15-11-27/h1-4,12,16H,5-11,13-15H2,(H2,24,25,26). The summed E-state index contributed by atoms with van der Waals surface area (Å²) >= 11 is 0. The van der Waals surface area contributed by atoms with Crippen LogP contribution in [0.5, 0.6) is 5.75 Å². The Morgan fingerprint density at radius 2 is 1.97 bits per heavy atom. The minimum atomic E-state index is -0.717. The summed E-state index contributed by atoms with van der Waals surface area (Å²) in [4.78, 5) is 6.93. The van der Waals surface area contributed by atoms with Crippen LogP contribution < -0.4 is 15.4 Å². The number of halogens is 2. The third kappa shape index (κ3) is 7.64. The number of ether oxygens (including phenoxy) is 2. The number of rotatable bonds is 10. The normalized spacial score (nSPS) is 15.2. The van der Waals surface area contributed by atoms with Gasteiger partial charge < -0.3 is 24.5 Å². The lowest BCUT2D eigenvalue weighted by Crippen LogP contribution is -2.41. The van der Waals surface area contributed by atoms with Crippen LogP contribution in [0.4, 0.5) is 8.78 Å². The third-order valence-electron chi connectivity index (χ3n) is 4.58. The predicted octanol–water partition coefficient (Wildman–Crippen LogP) is 2.05. The van der Waals surface area contributed by atoms with Crippen molar-refractivity contribution < 1.29 is 22.7 Å². The number of morpholine rings is 1. The lowest BCUT2D eigenvalue weighted by atomic mass is 10.3. The number of hydrogen-bond donors (Lipinski definition) is 2. The molecule has 0 radical (unpaired) electrons. The maximum Gasteiger partial charge on any atom is 0.191 e. The molecule has 0 spiro atoms. The van der Waals surface area contributed by atoms with Crippen LogP contribution in [0, 0.1) is 11.6 Å². The van der Waals surface area contributed by atoms with Crippen LogP contribution in [0.1, 0.15) is 5.76 Å². The summed E-state index contributed by atoms with van der Waals surface area (Å²) in [7, 11) is 0. The van der Waals surface area contributed by atoms with E-state index in [1.165, 1.54) is 12.1 Å². The fraction of sp³-hybridized carbons (Fsp3) is 0.476. The predicted molar refractivity (Wildman–Crippen MR) is 110 cm³/mol. The highest BCUT2D eigenvalue weighted by molar-refractivity contribution is 5.79. The second-order valence-corrected chi connectivity index (χ2v) is 6.79. The van der Waals surface area contributed by atoms with Crippen molar-refractivity contribution in [2.24, 2.45) is 4.99 Å². The minimum Gasteiger partial charge on any atom is -0.489 e. The highest BCUT2D eigenvalue weighted by Crippen LogP contribution is 2.17. The van der Waals surface area contributed by atoms with E-state index in [1.54, 1.807) is 6.26 Å². The lowest BCUT2D eigenvalue weighted by Gasteiger charge is -2.25. The molecule has 1 aromatic heterocycles. The molecule has 0 saturated carbocycles. The molecule has 0 bridgehead atoms. The summed E-state index contributed by atoms with van der Waals surface area (Å²) < 4.78 is 42.7. The van der Waals surface area contributed by atoms with Crippen molar-refractivity contribution in [1.29, 1.82) is 0 Å². The van der Waals surface area contributed by atoms with Crippen LogP contribution in [0.15, 0.2) is 46.0 Å². The molecule has 2 N–H and O–H groups in total. The van der Waals surface area contributed by atoms with E-state index < -0.39 is 11.6 Å². The maximum absolute atomic E-state index is 13.6. The monoisotopic (exact) mass is 422 g/mol. The van der Waals surface area contributed by atoms with Crippen molar-refractivity contribution in [3.05, 3.63) is 54.0 Å². The van der Waals surface area contributed by atoms with Crippen molar-refractivity contribution in [3.63, 3.8) is 0 Å². The van der Waals surface area contributed by atoms with Crippen LogP contribution in [0.3, 0.4) is 0 Å². The molecule has 1 saturated heterocycles. The molecule has 1 aliphatic heterocycles. The molecule has 1 fully saturated rings. The van der Waals surface area contributed by atoms with Crippen LogP contribution >= 0.6 is 0 Å². The van der Waals surface area contributed by atoms with E-state index in [0.717, 1.165) is 51.1 Å². The number of benzene rings is 1. The van der Waals surface area contributed by atoms with E-state index in [-0.39, 0.29) is 12.4 Å². The van der Waals surface area contributed by atoms with Gasteiger partial charge in [0.25, 0.3) is 0 Å². The molecule has 164 valence electrons. The van der Waals surface area contributed by atoms with E-state index in [2.05, 4.69) is 20.5 Å². The Hall–Kier alpha value is -2.65. The average Bonchev–Trinajstić information content (AvgIpc) is 3.26. The van der Waals surface area contributed by atoms with Gasteiger partial charge in [-0.3, -0.25) is 9.89 Å². The number of aliphatic imine (C=N–C) groups is 1. The fourth-order valence-electron chi connectivity index (χ4n) is 2.98. The summed E-state index contributed by atoms with van der Waals surface area (Å²) in [5, 5.41) is 6.45. The van der Waals surface area contributed by atoms with Crippen LogP contribution in [-0.4, -0.2) is 69.9 Å². The average molecular weight is 422 g/mol. The topological polar surface area (TPSA) is 71.3 Å². The van der Waals surface area contributed by atoms with Gasteiger partial charge in [-0.15, -0.1) is 0 Å². The van der Waals surface area contributed by atoms with E-state index in [4.69, 9.17) is 13.9 Å². The molecule has 0 unspecified atom stereocenters. The molecule has 7 nitrogen and oxygen atoms in total. The first-order chi connectivity index (χ1) is 14.7. The first-order valence-corrected chi connectivity index (χ1v) is 10.1. The molecule has 30 heavy (non-hydrogen) atoms. The minimum absolute atomic E-state index is 0.0229. The summed E-state index contributed by atoms with van der Waals surface area (Å²) in [6.45, 7) is 6.13. The van der Waals surface area contributed by atoms with E-state index in [1.807, 2.05) is 12.1 Å². The number of hydrogen-bond acceptors (Lipinski definition) is 5. The Morgan fingerprint density at radius 1 is 1.13 bits per heavy atom. The molecule has 3 rings (SSSR count). The van der Waals surface area contributed by atoms with Crippen LogP contribution in [-0.2, 0) is 11.2 Å². The largest absolute Gasteiger partial charge is 0.489 e. The molecular weight excluding hydrogens is 394 g/mol. The zero-order valence-electron chi connectivity index (χ0n) is 16.9. The number of nitrogens with zero attached hydrogens (tertiary/aromatic N) is 2. The van der Waals surface area contributed by atoms with Crippen molar-refractivity contribution in [2.45, 2.75) is 6.42 Å². The van der Waals surface area contributed by atoms with Gasteiger partial charge in [-0.25, -0.2) is 8.78 Å². The van der Waals surface area contributed by atoms with Gasteiger partial charge in [0.2, 0.25) is 0 Å². The van der Waals surface area contributed by atoms with Crippen LogP contribution in [0.2, 0.25) is 0 Å². The van der Waals surface area contributed by atoms with Gasteiger partial charge in [-0.05, 0) is 24.3 Å². The molecule has 2 heterocycles. The zero-order valence-corrected chi connectivity index (χ0v) is 16.9. The second-order valence-electron chi connectivity index (χ2n) is 6.79. The molecular formula is C21H28F2N4O3. The smallest absolute Gasteiger partial charge is 0.191 e. The highest BCUT2D eigenvalue weighted by atomic mass is 19.1. The summed E-state index contributed by atoms with van der Waals surface area (Å²) in [6, 6.07) is 7.04. The summed E-state index contributed by atoms with van der Waals surface area (Å²) in [5.41, 5.74) is 0. The van der Waals surface area contributed by atoms with Gasteiger partial charge in [0, 0.05) is 38.7 Å². The van der Waals surface area contributed by atoms with Gasteiger partial charge in [0.15, 0.2) is 17.5 Å². The second kappa shape index (κ2) is 12.1. The molecule has 9 heteroatoms. The Bertz CT molecular complexity index is 781. The van der Waals surface area contributed by atoms with Gasteiger partial charge >= 0.3 is 0 Å². The summed E-state index contributed by atoms with van der Waals surface area (Å²) in [6.07, 6.45) is 2.38. The SMILES string of the molecule is Fc1ccc(OCCNC(=NCCN2CCOCC2)NCCc2ccco2)c(F)c1.